The Kier molecular flexibility index (Phi) is 3.94. The number of para-hydroxylation sites is 1. The van der Waals surface area contributed by atoms with Crippen LogP contribution in [0.1, 0.15) is 12.5 Å². The molecule has 0 saturated carbocycles. The Morgan fingerprint density at radius 3 is 2.89 bits per heavy atom. The van der Waals surface area contributed by atoms with E-state index < -0.39 is 6.10 Å². The van der Waals surface area contributed by atoms with Gasteiger partial charge in [-0.25, -0.2) is 4.98 Å². The number of hydrogen-bond donors (Lipinski definition) is 1. The molecule has 0 spiro atoms. The molecule has 4 nitrogen and oxygen atoms in total. The van der Waals surface area contributed by atoms with Crippen LogP contribution in [0.25, 0.3) is 0 Å². The smallest absolute Gasteiger partial charge is 0.266 e. The van der Waals surface area contributed by atoms with Gasteiger partial charge >= 0.3 is 0 Å². The molecule has 2 rings (SSSR count). The van der Waals surface area contributed by atoms with Crippen LogP contribution in [0.15, 0.2) is 35.8 Å². The van der Waals surface area contributed by atoms with Crippen molar-refractivity contribution in [3.8, 4) is 5.75 Å². The van der Waals surface area contributed by atoms with Crippen LogP contribution in [0.2, 0.25) is 0 Å². The number of aromatic nitrogens is 1. The fourth-order valence-corrected chi connectivity index (χ4v) is 1.96. The van der Waals surface area contributed by atoms with Gasteiger partial charge in [-0.05, 0) is 25.5 Å². The number of nitrogens with zero attached hydrogens (tertiary/aromatic N) is 1. The molecule has 1 atom stereocenters. The van der Waals surface area contributed by atoms with Gasteiger partial charge in [0.15, 0.2) is 11.2 Å². The highest BCUT2D eigenvalue weighted by molar-refractivity contribution is 7.13. The minimum Gasteiger partial charge on any atom is -0.481 e. The second-order valence-corrected chi connectivity index (χ2v) is 4.75. The second-order valence-electron chi connectivity index (χ2n) is 3.85. The van der Waals surface area contributed by atoms with Gasteiger partial charge in [-0.1, -0.05) is 18.2 Å². The van der Waals surface area contributed by atoms with Gasteiger partial charge in [0.05, 0.1) is 0 Å². The standard InChI is InChI=1S/C13H14N2O2S/c1-9-5-3-4-6-11(9)17-10(2)12(16)15-13-14-7-8-18-13/h3-8,10H,1-2H3,(H,14,15,16)/t10-/m1/s1. The molecule has 1 aromatic carbocycles. The zero-order chi connectivity index (χ0) is 13.0. The van der Waals surface area contributed by atoms with Crippen LogP contribution in [0, 0.1) is 6.92 Å². The number of thiazole rings is 1. The maximum absolute atomic E-state index is 11.9. The fraction of sp³-hybridized carbons (Fsp3) is 0.231. The molecule has 1 amide bonds. The molecule has 94 valence electrons. The summed E-state index contributed by atoms with van der Waals surface area (Å²) in [6, 6.07) is 7.61. The number of hydrogen-bond acceptors (Lipinski definition) is 4. The maximum Gasteiger partial charge on any atom is 0.266 e. The van der Waals surface area contributed by atoms with Gasteiger partial charge in [0, 0.05) is 11.6 Å². The molecule has 0 saturated heterocycles. The molecular formula is C13H14N2O2S. The third-order valence-corrected chi connectivity index (χ3v) is 3.12. The van der Waals surface area contributed by atoms with E-state index in [0.29, 0.717) is 5.13 Å². The van der Waals surface area contributed by atoms with Crippen LogP contribution < -0.4 is 10.1 Å². The van der Waals surface area contributed by atoms with Crippen LogP contribution in [0.4, 0.5) is 5.13 Å². The van der Waals surface area contributed by atoms with Crippen molar-refractivity contribution in [2.24, 2.45) is 0 Å². The van der Waals surface area contributed by atoms with Gasteiger partial charge < -0.3 is 4.74 Å². The minimum absolute atomic E-state index is 0.201. The molecule has 1 aromatic heterocycles. The first-order valence-electron chi connectivity index (χ1n) is 5.59. The van der Waals surface area contributed by atoms with Gasteiger partial charge in [-0.15, -0.1) is 11.3 Å². The summed E-state index contributed by atoms with van der Waals surface area (Å²) < 4.78 is 5.62. The molecule has 0 aliphatic carbocycles. The molecule has 0 bridgehead atoms. The summed E-state index contributed by atoms with van der Waals surface area (Å²) >= 11 is 1.38. The van der Waals surface area contributed by atoms with E-state index in [-0.39, 0.29) is 5.91 Å². The molecule has 0 aliphatic rings. The zero-order valence-corrected chi connectivity index (χ0v) is 11.0. The Hall–Kier alpha value is -1.88. The summed E-state index contributed by atoms with van der Waals surface area (Å²) in [4.78, 5) is 15.9. The number of carbonyl (C=O) groups excluding carboxylic acids is 1. The van der Waals surface area contributed by atoms with E-state index >= 15 is 0 Å². The second kappa shape index (κ2) is 5.64. The first kappa shape index (κ1) is 12.6. The van der Waals surface area contributed by atoms with Gasteiger partial charge in [-0.3, -0.25) is 10.1 Å². The van der Waals surface area contributed by atoms with Crippen molar-refractivity contribution in [1.82, 2.24) is 4.98 Å². The lowest BCUT2D eigenvalue weighted by Crippen LogP contribution is -2.30. The van der Waals surface area contributed by atoms with Gasteiger partial charge in [0.2, 0.25) is 0 Å². The number of ether oxygens (including phenoxy) is 1. The lowest BCUT2D eigenvalue weighted by Gasteiger charge is -2.15. The third kappa shape index (κ3) is 3.07. The zero-order valence-electron chi connectivity index (χ0n) is 10.2. The summed E-state index contributed by atoms with van der Waals surface area (Å²) in [7, 11) is 0. The third-order valence-electron chi connectivity index (χ3n) is 2.43. The lowest BCUT2D eigenvalue weighted by molar-refractivity contribution is -0.122. The summed E-state index contributed by atoms with van der Waals surface area (Å²) in [6.45, 7) is 3.66. The van der Waals surface area contributed by atoms with E-state index in [2.05, 4.69) is 10.3 Å². The SMILES string of the molecule is Cc1ccccc1O[C@H](C)C(=O)Nc1nccs1. The molecule has 1 N–H and O–H groups in total. The minimum atomic E-state index is -0.560. The topological polar surface area (TPSA) is 51.2 Å². The molecule has 5 heteroatoms. The molecule has 0 unspecified atom stereocenters. The van der Waals surface area contributed by atoms with Crippen LogP contribution in [-0.4, -0.2) is 17.0 Å². The van der Waals surface area contributed by atoms with Crippen LogP contribution in [-0.2, 0) is 4.79 Å². The molecule has 0 aliphatic heterocycles. The van der Waals surface area contributed by atoms with E-state index in [1.54, 1.807) is 13.1 Å². The first-order chi connectivity index (χ1) is 8.66. The number of nitrogens with one attached hydrogen (secondary N) is 1. The number of benzene rings is 1. The highest BCUT2D eigenvalue weighted by Crippen LogP contribution is 2.18. The molecular weight excluding hydrogens is 248 g/mol. The highest BCUT2D eigenvalue weighted by Gasteiger charge is 2.16. The van der Waals surface area contributed by atoms with Crippen molar-refractivity contribution >= 4 is 22.4 Å². The highest BCUT2D eigenvalue weighted by atomic mass is 32.1. The van der Waals surface area contributed by atoms with Crippen molar-refractivity contribution in [2.45, 2.75) is 20.0 Å². The number of rotatable bonds is 4. The molecule has 1 heterocycles. The van der Waals surface area contributed by atoms with Gasteiger partial charge in [0.1, 0.15) is 5.75 Å². The summed E-state index contributed by atoms with van der Waals surface area (Å²) in [6.07, 6.45) is 1.09. The average molecular weight is 262 g/mol. The normalized spacial score (nSPS) is 11.9. The summed E-state index contributed by atoms with van der Waals surface area (Å²) in [5, 5.41) is 5.10. The van der Waals surface area contributed by atoms with Crippen molar-refractivity contribution in [3.05, 3.63) is 41.4 Å². The van der Waals surface area contributed by atoms with E-state index in [9.17, 15) is 4.79 Å². The monoisotopic (exact) mass is 262 g/mol. The van der Waals surface area contributed by atoms with Crippen LogP contribution in [0.3, 0.4) is 0 Å². The summed E-state index contributed by atoms with van der Waals surface area (Å²) in [5.74, 6) is 0.521. The summed E-state index contributed by atoms with van der Waals surface area (Å²) in [5.41, 5.74) is 1.01. The molecule has 0 fully saturated rings. The largest absolute Gasteiger partial charge is 0.481 e. The van der Waals surface area contributed by atoms with Crippen molar-refractivity contribution in [3.63, 3.8) is 0 Å². The Morgan fingerprint density at radius 1 is 1.44 bits per heavy atom. The number of aryl methyl sites for hydroxylation is 1. The van der Waals surface area contributed by atoms with E-state index in [4.69, 9.17) is 4.74 Å². The number of amides is 1. The molecule has 0 radical (unpaired) electrons. The van der Waals surface area contributed by atoms with Crippen LogP contribution >= 0.6 is 11.3 Å². The van der Waals surface area contributed by atoms with E-state index in [1.807, 2.05) is 36.6 Å². The fourth-order valence-electron chi connectivity index (χ4n) is 1.42. The van der Waals surface area contributed by atoms with Crippen molar-refractivity contribution in [2.75, 3.05) is 5.32 Å². The number of anilines is 1. The van der Waals surface area contributed by atoms with Gasteiger partial charge in [0.25, 0.3) is 5.91 Å². The predicted molar refractivity (Wildman–Crippen MR) is 72.0 cm³/mol. The first-order valence-corrected chi connectivity index (χ1v) is 6.47. The van der Waals surface area contributed by atoms with Crippen molar-refractivity contribution in [1.29, 1.82) is 0 Å². The molecule has 18 heavy (non-hydrogen) atoms. The molecule has 2 aromatic rings. The maximum atomic E-state index is 11.9. The number of carbonyl (C=O) groups is 1. The quantitative estimate of drug-likeness (QED) is 0.921. The Bertz CT molecular complexity index is 526. The van der Waals surface area contributed by atoms with Crippen LogP contribution in [0.5, 0.6) is 5.75 Å². The predicted octanol–water partition coefficient (Wildman–Crippen LogP) is 2.86. The Morgan fingerprint density at radius 2 is 2.22 bits per heavy atom. The lowest BCUT2D eigenvalue weighted by atomic mass is 10.2. The van der Waals surface area contributed by atoms with Gasteiger partial charge in [-0.2, -0.15) is 0 Å². The van der Waals surface area contributed by atoms with E-state index in [0.717, 1.165) is 11.3 Å². The van der Waals surface area contributed by atoms with Crippen molar-refractivity contribution < 1.29 is 9.53 Å². The Labute approximate surface area is 110 Å². The average Bonchev–Trinajstić information content (AvgIpc) is 2.84. The van der Waals surface area contributed by atoms with E-state index in [1.165, 1.54) is 11.3 Å². The Balaban J connectivity index is 1.97.